The summed E-state index contributed by atoms with van der Waals surface area (Å²) in [5.74, 6) is -0.846. The minimum Gasteiger partial charge on any atom is -0.508 e. The average molecular weight is 474 g/mol. The van der Waals surface area contributed by atoms with Crippen molar-refractivity contribution in [1.29, 1.82) is 0 Å². The number of phenols is 1. The second kappa shape index (κ2) is 11.8. The van der Waals surface area contributed by atoms with Crippen LogP contribution in [0.4, 0.5) is 0 Å². The van der Waals surface area contributed by atoms with Gasteiger partial charge in [0.1, 0.15) is 11.5 Å². The number of para-hydroxylation sites is 1. The summed E-state index contributed by atoms with van der Waals surface area (Å²) in [6, 6.07) is 35.7. The van der Waals surface area contributed by atoms with Crippen molar-refractivity contribution in [3.63, 3.8) is 0 Å². The summed E-state index contributed by atoms with van der Waals surface area (Å²) >= 11 is 0. The van der Waals surface area contributed by atoms with Gasteiger partial charge in [-0.25, -0.2) is 0 Å². The molecule has 0 saturated heterocycles. The molecule has 4 aromatic carbocycles. The van der Waals surface area contributed by atoms with Gasteiger partial charge < -0.3 is 14.2 Å². The van der Waals surface area contributed by atoms with Crippen LogP contribution < -0.4 is 5.32 Å². The lowest BCUT2D eigenvalue weighted by atomic mass is 10.2. The molecule has 6 heteroatoms. The van der Waals surface area contributed by atoms with Gasteiger partial charge in [0, 0.05) is 12.1 Å². The molecule has 0 saturated carbocycles. The Kier molecular flexibility index (Phi) is 8.29. The maximum Gasteiger partial charge on any atom is 0.352 e. The molecular weight excluding hydrogens is 445 g/mol. The Morgan fingerprint density at radius 2 is 1.09 bits per heavy atom. The first-order valence-corrected chi connectivity index (χ1v) is 12.8. The van der Waals surface area contributed by atoms with Gasteiger partial charge in [-0.15, -0.1) is 0 Å². The lowest BCUT2D eigenvalue weighted by Gasteiger charge is -2.29. The van der Waals surface area contributed by atoms with Gasteiger partial charge in [-0.3, -0.25) is 9.88 Å². The molecule has 0 heterocycles. The maximum absolute atomic E-state index is 14.4. The fourth-order valence-electron chi connectivity index (χ4n) is 3.59. The molecule has 0 fully saturated rings. The molecule has 34 heavy (non-hydrogen) atoms. The van der Waals surface area contributed by atoms with Gasteiger partial charge in [0.25, 0.3) is 0 Å². The van der Waals surface area contributed by atoms with Crippen LogP contribution in [-0.2, 0) is 33.4 Å². The van der Waals surface area contributed by atoms with E-state index in [1.54, 1.807) is 24.3 Å². The highest BCUT2D eigenvalue weighted by Crippen LogP contribution is 2.61. The molecule has 2 N–H and O–H groups in total. The number of hydrogen-bond acceptors (Lipinski definition) is 5. The number of hydrogen-bond donors (Lipinski definition) is 2. The number of benzene rings is 4. The molecule has 0 aliphatic carbocycles. The Morgan fingerprint density at radius 1 is 0.647 bits per heavy atom. The SMILES string of the molecule is O=P(OCc1ccccc1)(OCc1ccccc1)C(NCc1ccccc1)c1ccccc1O. The highest BCUT2D eigenvalue weighted by Gasteiger charge is 2.39. The smallest absolute Gasteiger partial charge is 0.352 e. The maximum atomic E-state index is 14.4. The third kappa shape index (κ3) is 6.43. The normalized spacial score (nSPS) is 12.4. The zero-order valence-corrected chi connectivity index (χ0v) is 19.7. The van der Waals surface area contributed by atoms with Crippen LogP contribution in [0.5, 0.6) is 5.75 Å². The zero-order valence-electron chi connectivity index (χ0n) is 18.8. The van der Waals surface area contributed by atoms with Crippen LogP contribution in [0.25, 0.3) is 0 Å². The van der Waals surface area contributed by atoms with E-state index >= 15 is 0 Å². The lowest BCUT2D eigenvalue weighted by Crippen LogP contribution is -2.23. The van der Waals surface area contributed by atoms with Crippen LogP contribution in [0.2, 0.25) is 0 Å². The van der Waals surface area contributed by atoms with Crippen molar-refractivity contribution in [1.82, 2.24) is 5.32 Å². The van der Waals surface area contributed by atoms with Gasteiger partial charge in [0.05, 0.1) is 13.2 Å². The van der Waals surface area contributed by atoms with Crippen molar-refractivity contribution in [3.05, 3.63) is 138 Å². The predicted octanol–water partition coefficient (Wildman–Crippen LogP) is 6.81. The van der Waals surface area contributed by atoms with Crippen molar-refractivity contribution in [2.24, 2.45) is 0 Å². The van der Waals surface area contributed by atoms with Gasteiger partial charge in [-0.2, -0.15) is 0 Å². The van der Waals surface area contributed by atoms with Crippen molar-refractivity contribution >= 4 is 7.60 Å². The van der Waals surface area contributed by atoms with E-state index in [-0.39, 0.29) is 19.0 Å². The first-order chi connectivity index (χ1) is 16.6. The van der Waals surface area contributed by atoms with E-state index in [2.05, 4.69) is 5.32 Å². The standard InChI is InChI=1S/C28H28NO4P/c30-27-19-11-10-18-26(27)28(29-20-23-12-4-1-5-13-23)34(31,32-21-24-14-6-2-7-15-24)33-22-25-16-8-3-9-17-25/h1-19,28-30H,20-22H2. The number of phenolic OH excluding ortho intramolecular Hbond substituents is 1. The van der Waals surface area contributed by atoms with Crippen LogP contribution >= 0.6 is 7.60 Å². The quantitative estimate of drug-likeness (QED) is 0.234. The minimum absolute atomic E-state index is 0.0277. The van der Waals surface area contributed by atoms with Crippen LogP contribution in [0.15, 0.2) is 115 Å². The molecule has 0 aromatic heterocycles. The van der Waals surface area contributed by atoms with E-state index < -0.39 is 13.4 Å². The molecule has 0 aliphatic heterocycles. The fourth-order valence-corrected chi connectivity index (χ4v) is 5.49. The lowest BCUT2D eigenvalue weighted by molar-refractivity contribution is 0.179. The van der Waals surface area contributed by atoms with Crippen molar-refractivity contribution in [3.8, 4) is 5.75 Å². The molecule has 0 aliphatic rings. The molecule has 1 unspecified atom stereocenters. The zero-order chi connectivity index (χ0) is 23.6. The Hall–Kier alpha value is -3.21. The van der Waals surface area contributed by atoms with Gasteiger partial charge in [-0.05, 0) is 22.8 Å². The van der Waals surface area contributed by atoms with Gasteiger partial charge in [-0.1, -0.05) is 109 Å². The van der Waals surface area contributed by atoms with Gasteiger partial charge >= 0.3 is 7.60 Å². The largest absolute Gasteiger partial charge is 0.508 e. The average Bonchev–Trinajstić information content (AvgIpc) is 2.89. The second-order valence-electron chi connectivity index (χ2n) is 7.89. The number of nitrogens with one attached hydrogen (secondary N) is 1. The van der Waals surface area contributed by atoms with E-state index in [9.17, 15) is 9.67 Å². The molecule has 0 amide bonds. The predicted molar refractivity (Wildman–Crippen MR) is 134 cm³/mol. The number of rotatable bonds is 11. The van der Waals surface area contributed by atoms with Crippen molar-refractivity contribution < 1.29 is 18.7 Å². The molecule has 0 bridgehead atoms. The Labute approximate surface area is 200 Å². The molecule has 0 radical (unpaired) electrons. The van der Waals surface area contributed by atoms with Gasteiger partial charge in [0.2, 0.25) is 0 Å². The molecule has 1 atom stereocenters. The highest BCUT2D eigenvalue weighted by atomic mass is 31.2. The summed E-state index contributed by atoms with van der Waals surface area (Å²) in [4.78, 5) is 0. The monoisotopic (exact) mass is 473 g/mol. The summed E-state index contributed by atoms with van der Waals surface area (Å²) in [5.41, 5.74) is 3.23. The highest BCUT2D eigenvalue weighted by molar-refractivity contribution is 7.54. The topological polar surface area (TPSA) is 67.8 Å². The van der Waals surface area contributed by atoms with E-state index in [0.717, 1.165) is 16.7 Å². The van der Waals surface area contributed by atoms with Crippen LogP contribution in [0.1, 0.15) is 28.0 Å². The molecular formula is C28H28NO4P. The summed E-state index contributed by atoms with van der Waals surface area (Å²) in [6.07, 6.45) is 0. The molecule has 4 aromatic rings. The second-order valence-corrected chi connectivity index (χ2v) is 10.00. The van der Waals surface area contributed by atoms with Crippen LogP contribution in [0, 0.1) is 0 Å². The third-order valence-electron chi connectivity index (χ3n) is 5.40. The van der Waals surface area contributed by atoms with E-state index in [1.807, 2.05) is 91.0 Å². The first-order valence-electron chi connectivity index (χ1n) is 11.2. The molecule has 5 nitrogen and oxygen atoms in total. The Bertz CT molecular complexity index is 1160. The summed E-state index contributed by atoms with van der Waals surface area (Å²) in [7, 11) is -3.82. The van der Waals surface area contributed by atoms with E-state index in [1.165, 1.54) is 0 Å². The van der Waals surface area contributed by atoms with E-state index in [0.29, 0.717) is 12.1 Å². The number of aromatic hydroxyl groups is 1. The molecule has 4 rings (SSSR count). The Balaban J connectivity index is 1.66. The molecule has 0 spiro atoms. The van der Waals surface area contributed by atoms with E-state index in [4.69, 9.17) is 9.05 Å². The summed E-state index contributed by atoms with van der Waals surface area (Å²) in [5, 5.41) is 14.0. The molecule has 174 valence electrons. The van der Waals surface area contributed by atoms with Crippen molar-refractivity contribution in [2.45, 2.75) is 25.5 Å². The summed E-state index contributed by atoms with van der Waals surface area (Å²) in [6.45, 7) is 0.654. The first kappa shape index (κ1) is 23.9. The van der Waals surface area contributed by atoms with Crippen molar-refractivity contribution in [2.75, 3.05) is 0 Å². The van der Waals surface area contributed by atoms with Gasteiger partial charge in [0.15, 0.2) is 0 Å². The van der Waals surface area contributed by atoms with Crippen LogP contribution in [0.3, 0.4) is 0 Å². The summed E-state index contributed by atoms with van der Waals surface area (Å²) < 4.78 is 26.5. The minimum atomic E-state index is -3.82. The van der Waals surface area contributed by atoms with Crippen LogP contribution in [-0.4, -0.2) is 5.11 Å². The Morgan fingerprint density at radius 3 is 1.59 bits per heavy atom. The third-order valence-corrected chi connectivity index (χ3v) is 7.47. The fraction of sp³-hybridized carbons (Fsp3) is 0.143.